The zero-order chi connectivity index (χ0) is 27.4. The summed E-state index contributed by atoms with van der Waals surface area (Å²) in [6, 6.07) is 13.4. The molecule has 1 aliphatic carbocycles. The lowest BCUT2D eigenvalue weighted by atomic mass is 9.80. The van der Waals surface area contributed by atoms with Crippen LogP contribution in [0, 0.1) is 35.3 Å². The fourth-order valence-corrected chi connectivity index (χ4v) is 7.23. The highest BCUT2D eigenvalue weighted by Gasteiger charge is 2.41. The van der Waals surface area contributed by atoms with Crippen LogP contribution in [0.3, 0.4) is 0 Å². The lowest BCUT2D eigenvalue weighted by molar-refractivity contribution is -0.144. The third-order valence-electron chi connectivity index (χ3n) is 9.98. The van der Waals surface area contributed by atoms with E-state index in [0.717, 1.165) is 63.8 Å². The molecule has 4 atom stereocenters. The molecular formula is C33H44F2N2O2. The second kappa shape index (κ2) is 12.9. The molecule has 5 rings (SSSR count). The van der Waals surface area contributed by atoms with Crippen molar-refractivity contribution < 1.29 is 18.7 Å². The second-order valence-corrected chi connectivity index (χ2v) is 12.5. The van der Waals surface area contributed by atoms with Gasteiger partial charge in [-0.1, -0.05) is 50.5 Å². The van der Waals surface area contributed by atoms with Crippen LogP contribution in [0.15, 0.2) is 48.5 Å². The van der Waals surface area contributed by atoms with Crippen LogP contribution in [-0.4, -0.2) is 59.6 Å². The number of aliphatic carboxylic acids is 1. The molecule has 1 N–H and O–H groups in total. The van der Waals surface area contributed by atoms with E-state index in [-0.39, 0.29) is 17.6 Å². The number of aryl methyl sites for hydroxylation is 1. The first kappa shape index (κ1) is 28.2. The van der Waals surface area contributed by atoms with E-state index in [0.29, 0.717) is 30.2 Å². The number of carboxylic acids is 1. The molecule has 6 heteroatoms. The van der Waals surface area contributed by atoms with Crippen molar-refractivity contribution >= 4 is 5.97 Å². The molecule has 39 heavy (non-hydrogen) atoms. The fraction of sp³-hybridized carbons (Fsp3) is 0.606. The molecule has 3 fully saturated rings. The molecule has 0 bridgehead atoms. The smallest absolute Gasteiger partial charge is 0.320 e. The number of carboxylic acid groups (broad SMARTS) is 1. The first-order valence-corrected chi connectivity index (χ1v) is 15.0. The molecule has 2 heterocycles. The third-order valence-corrected chi connectivity index (χ3v) is 9.98. The van der Waals surface area contributed by atoms with Crippen molar-refractivity contribution in [1.29, 1.82) is 0 Å². The van der Waals surface area contributed by atoms with E-state index in [2.05, 4.69) is 16.7 Å². The van der Waals surface area contributed by atoms with Gasteiger partial charge in [0.2, 0.25) is 0 Å². The van der Waals surface area contributed by atoms with E-state index in [1.54, 1.807) is 24.3 Å². The summed E-state index contributed by atoms with van der Waals surface area (Å²) in [6.07, 6.45) is 8.69. The first-order valence-electron chi connectivity index (χ1n) is 15.0. The summed E-state index contributed by atoms with van der Waals surface area (Å²) in [5.41, 5.74) is 2.20. The third kappa shape index (κ3) is 7.26. The Morgan fingerprint density at radius 3 is 2.38 bits per heavy atom. The second-order valence-electron chi connectivity index (χ2n) is 12.5. The van der Waals surface area contributed by atoms with Crippen molar-refractivity contribution in [2.24, 2.45) is 23.7 Å². The van der Waals surface area contributed by atoms with Crippen LogP contribution in [0.1, 0.15) is 68.9 Å². The van der Waals surface area contributed by atoms with E-state index in [1.807, 2.05) is 18.2 Å². The minimum absolute atomic E-state index is 0.149. The van der Waals surface area contributed by atoms with Gasteiger partial charge in [-0.2, -0.15) is 0 Å². The van der Waals surface area contributed by atoms with Gasteiger partial charge in [0.15, 0.2) is 0 Å². The van der Waals surface area contributed by atoms with Crippen molar-refractivity contribution in [1.82, 2.24) is 9.80 Å². The Bertz CT molecular complexity index is 1080. The maximum atomic E-state index is 14.2. The Labute approximate surface area is 232 Å². The number of hydrogen-bond acceptors (Lipinski definition) is 3. The molecule has 0 spiro atoms. The van der Waals surface area contributed by atoms with Gasteiger partial charge in [0.05, 0.1) is 0 Å². The number of rotatable bonds is 11. The molecule has 2 aromatic rings. The van der Waals surface area contributed by atoms with Crippen molar-refractivity contribution in [3.8, 4) is 0 Å². The van der Waals surface area contributed by atoms with Crippen LogP contribution in [0.2, 0.25) is 0 Å². The Hall–Kier alpha value is -2.31. The van der Waals surface area contributed by atoms with Crippen LogP contribution < -0.4 is 0 Å². The van der Waals surface area contributed by atoms with Crippen LogP contribution in [0.5, 0.6) is 0 Å². The van der Waals surface area contributed by atoms with Crippen molar-refractivity contribution in [3.05, 3.63) is 71.3 Å². The minimum Gasteiger partial charge on any atom is -0.480 e. The van der Waals surface area contributed by atoms with Crippen LogP contribution in [0.4, 0.5) is 8.78 Å². The Balaban J connectivity index is 1.18. The molecule has 0 aromatic heterocycles. The summed E-state index contributed by atoms with van der Waals surface area (Å²) in [7, 11) is 0. The molecule has 4 nitrogen and oxygen atoms in total. The molecule has 1 saturated carbocycles. The monoisotopic (exact) mass is 538 g/mol. The van der Waals surface area contributed by atoms with Gasteiger partial charge in [0, 0.05) is 25.6 Å². The fourth-order valence-electron chi connectivity index (χ4n) is 7.23. The Kier molecular flexibility index (Phi) is 9.34. The molecule has 3 aliphatic rings. The summed E-state index contributed by atoms with van der Waals surface area (Å²) < 4.78 is 27.4. The molecule has 212 valence electrons. The summed E-state index contributed by atoms with van der Waals surface area (Å²) in [5, 5.41) is 10.1. The summed E-state index contributed by atoms with van der Waals surface area (Å²) in [4.78, 5) is 17.0. The number of likely N-dealkylation sites (tertiary alicyclic amines) is 2. The van der Waals surface area contributed by atoms with E-state index >= 15 is 0 Å². The lowest BCUT2D eigenvalue weighted by Gasteiger charge is -2.37. The molecular weight excluding hydrogens is 494 g/mol. The van der Waals surface area contributed by atoms with Gasteiger partial charge >= 0.3 is 5.97 Å². The number of hydrogen-bond donors (Lipinski definition) is 1. The highest BCUT2D eigenvalue weighted by molar-refractivity contribution is 5.73. The Morgan fingerprint density at radius 1 is 1.00 bits per heavy atom. The zero-order valence-corrected chi connectivity index (χ0v) is 23.3. The predicted octanol–water partition coefficient (Wildman–Crippen LogP) is 6.60. The molecule has 2 saturated heterocycles. The van der Waals surface area contributed by atoms with E-state index in [9.17, 15) is 18.7 Å². The maximum Gasteiger partial charge on any atom is 0.320 e. The van der Waals surface area contributed by atoms with Gasteiger partial charge < -0.3 is 10.0 Å². The van der Waals surface area contributed by atoms with Crippen LogP contribution in [-0.2, 0) is 11.2 Å². The summed E-state index contributed by atoms with van der Waals surface area (Å²) in [5.74, 6) is 1.18. The van der Waals surface area contributed by atoms with E-state index in [1.165, 1.54) is 30.9 Å². The van der Waals surface area contributed by atoms with Crippen LogP contribution >= 0.6 is 0 Å². The van der Waals surface area contributed by atoms with Crippen molar-refractivity contribution in [3.63, 3.8) is 0 Å². The van der Waals surface area contributed by atoms with Gasteiger partial charge in [0.1, 0.15) is 17.7 Å². The number of piperidine rings is 1. The number of nitrogens with zero attached hydrogens (tertiary/aromatic N) is 2. The Morgan fingerprint density at radius 2 is 1.74 bits per heavy atom. The average molecular weight is 539 g/mol. The first-order chi connectivity index (χ1) is 18.9. The summed E-state index contributed by atoms with van der Waals surface area (Å²) >= 11 is 0. The average Bonchev–Trinajstić information content (AvgIpc) is 3.31. The topological polar surface area (TPSA) is 43.8 Å². The summed E-state index contributed by atoms with van der Waals surface area (Å²) in [6.45, 7) is 6.86. The zero-order valence-electron chi connectivity index (χ0n) is 23.3. The minimum atomic E-state index is -0.712. The number of benzene rings is 2. The molecule has 2 aromatic carbocycles. The maximum absolute atomic E-state index is 14.2. The number of halogens is 2. The van der Waals surface area contributed by atoms with Gasteiger partial charge in [-0.3, -0.25) is 9.69 Å². The van der Waals surface area contributed by atoms with Crippen molar-refractivity contribution in [2.45, 2.75) is 70.3 Å². The van der Waals surface area contributed by atoms with Crippen LogP contribution in [0.25, 0.3) is 0 Å². The van der Waals surface area contributed by atoms with E-state index < -0.39 is 12.0 Å². The number of carbonyl (C=O) groups is 1. The van der Waals surface area contributed by atoms with Gasteiger partial charge in [-0.05, 0) is 104 Å². The normalized spacial score (nSPS) is 24.9. The molecule has 0 amide bonds. The van der Waals surface area contributed by atoms with Gasteiger partial charge in [-0.25, -0.2) is 8.78 Å². The predicted molar refractivity (Wildman–Crippen MR) is 151 cm³/mol. The quantitative estimate of drug-likeness (QED) is 0.350. The lowest BCUT2D eigenvalue weighted by Crippen LogP contribution is -2.43. The van der Waals surface area contributed by atoms with Gasteiger partial charge in [-0.15, -0.1) is 0 Å². The molecule has 0 radical (unpaired) electrons. The molecule has 2 aliphatic heterocycles. The standard InChI is InChI=1S/C33H44F2N2O2/c1-23(8-9-24-10-12-29(34)13-11-24)26-14-16-36(17-15-26)20-28-21-37(32(33(38)39)18-25-4-2-5-25)22-31(28)27-6-3-7-30(35)19-27/h3,6-7,10-13,19,23,25-26,28,31-32H,2,4-5,8-9,14-18,20-22H2,1H3,(H,38,39)/t23-,28+,31-,32-/m1/s1. The van der Waals surface area contributed by atoms with Gasteiger partial charge in [0.25, 0.3) is 0 Å². The largest absolute Gasteiger partial charge is 0.480 e. The molecule has 0 unspecified atom stereocenters. The van der Waals surface area contributed by atoms with E-state index in [4.69, 9.17) is 0 Å². The SMILES string of the molecule is C[C@H](CCc1ccc(F)cc1)C1CCN(C[C@H]2CN([C@H](CC3CCC3)C(=O)O)C[C@@H]2c2cccc(F)c2)CC1. The van der Waals surface area contributed by atoms with Crippen molar-refractivity contribution in [2.75, 3.05) is 32.7 Å². The highest BCUT2D eigenvalue weighted by Crippen LogP contribution is 2.39. The highest BCUT2D eigenvalue weighted by atomic mass is 19.1.